The van der Waals surface area contributed by atoms with Crippen molar-refractivity contribution in [2.45, 2.75) is 38.5 Å². The van der Waals surface area contributed by atoms with E-state index in [4.69, 9.17) is 0 Å². The number of piperazine rings is 1. The molecule has 0 saturated carbocycles. The summed E-state index contributed by atoms with van der Waals surface area (Å²) in [4.78, 5) is 25.0. The van der Waals surface area contributed by atoms with E-state index in [-0.39, 0.29) is 11.8 Å². The van der Waals surface area contributed by atoms with E-state index in [1.54, 1.807) is 0 Å². The minimum absolute atomic E-state index is 0.0478. The van der Waals surface area contributed by atoms with E-state index in [0.29, 0.717) is 19.4 Å². The zero-order valence-corrected chi connectivity index (χ0v) is 8.99. The zero-order chi connectivity index (χ0) is 11.2. The van der Waals surface area contributed by atoms with Crippen LogP contribution in [0, 0.1) is 5.92 Å². The lowest BCUT2D eigenvalue weighted by Crippen LogP contribution is -2.69. The Morgan fingerprint density at radius 1 is 1.53 bits per heavy atom. The molecule has 0 aromatic carbocycles. The Morgan fingerprint density at radius 3 is 2.80 bits per heavy atom. The lowest BCUT2D eigenvalue weighted by molar-refractivity contribution is -0.179. The van der Waals surface area contributed by atoms with Gasteiger partial charge in [0.1, 0.15) is 6.04 Å². The fourth-order valence-electron chi connectivity index (χ4n) is 2.27. The van der Waals surface area contributed by atoms with Crippen molar-refractivity contribution in [2.75, 3.05) is 6.54 Å². The molecule has 2 fully saturated rings. The van der Waals surface area contributed by atoms with Crippen LogP contribution in [0.3, 0.4) is 0 Å². The first-order valence-corrected chi connectivity index (χ1v) is 5.31. The summed E-state index contributed by atoms with van der Waals surface area (Å²) in [7, 11) is 0. The molecule has 2 rings (SSSR count). The van der Waals surface area contributed by atoms with E-state index < -0.39 is 17.7 Å². The van der Waals surface area contributed by atoms with Crippen molar-refractivity contribution in [1.82, 2.24) is 10.2 Å². The molecule has 84 valence electrons. The Hall–Kier alpha value is -1.10. The molecule has 0 aliphatic carbocycles. The number of carbonyl (C=O) groups is 2. The zero-order valence-electron chi connectivity index (χ0n) is 8.99. The number of nitrogens with zero attached hydrogens (tertiary/aromatic N) is 1. The highest BCUT2D eigenvalue weighted by Crippen LogP contribution is 2.31. The molecule has 2 heterocycles. The van der Waals surface area contributed by atoms with Gasteiger partial charge >= 0.3 is 0 Å². The van der Waals surface area contributed by atoms with Gasteiger partial charge in [0.15, 0.2) is 0 Å². The molecule has 2 amide bonds. The summed E-state index contributed by atoms with van der Waals surface area (Å²) >= 11 is 0. The maximum Gasteiger partial charge on any atom is 0.274 e. The van der Waals surface area contributed by atoms with Crippen LogP contribution in [-0.2, 0) is 9.59 Å². The van der Waals surface area contributed by atoms with Gasteiger partial charge in [0.2, 0.25) is 11.6 Å². The molecule has 2 N–H and O–H groups in total. The first-order valence-electron chi connectivity index (χ1n) is 5.31. The first kappa shape index (κ1) is 10.4. The summed E-state index contributed by atoms with van der Waals surface area (Å²) in [6.07, 6.45) is 1.02. The minimum Gasteiger partial charge on any atom is -0.363 e. The normalized spacial score (nSPS) is 35.7. The smallest absolute Gasteiger partial charge is 0.274 e. The summed E-state index contributed by atoms with van der Waals surface area (Å²) in [5, 5.41) is 12.6. The van der Waals surface area contributed by atoms with E-state index in [1.165, 1.54) is 4.90 Å². The Bertz CT molecular complexity index is 316. The quantitative estimate of drug-likeness (QED) is 0.613. The predicted molar refractivity (Wildman–Crippen MR) is 52.7 cm³/mol. The molecule has 0 aromatic heterocycles. The van der Waals surface area contributed by atoms with E-state index in [1.807, 2.05) is 13.8 Å². The van der Waals surface area contributed by atoms with E-state index >= 15 is 0 Å². The Kier molecular flexibility index (Phi) is 2.22. The second kappa shape index (κ2) is 3.20. The van der Waals surface area contributed by atoms with Crippen molar-refractivity contribution < 1.29 is 14.7 Å². The van der Waals surface area contributed by atoms with Crippen molar-refractivity contribution in [1.29, 1.82) is 0 Å². The molecule has 2 aliphatic heterocycles. The Balaban J connectivity index is 2.30. The van der Waals surface area contributed by atoms with Gasteiger partial charge in [-0.3, -0.25) is 9.59 Å². The highest BCUT2D eigenvalue weighted by molar-refractivity contribution is 5.99. The number of aliphatic hydroxyl groups is 1. The standard InChI is InChI=1S/C10H16N2O3/c1-6(2)7-8(13)12-5-3-4-10(12,15)9(14)11-7/h6-7,15H,3-5H2,1-2H3,(H,11,14). The maximum absolute atomic E-state index is 12.0. The average Bonchev–Trinajstić information content (AvgIpc) is 2.55. The van der Waals surface area contributed by atoms with Crippen LogP contribution in [0.5, 0.6) is 0 Å². The fourth-order valence-corrected chi connectivity index (χ4v) is 2.27. The minimum atomic E-state index is -1.58. The van der Waals surface area contributed by atoms with E-state index in [0.717, 1.165) is 0 Å². The molecule has 5 nitrogen and oxygen atoms in total. The fraction of sp³-hybridized carbons (Fsp3) is 0.800. The third-order valence-electron chi connectivity index (χ3n) is 3.20. The summed E-state index contributed by atoms with van der Waals surface area (Å²) < 4.78 is 0. The largest absolute Gasteiger partial charge is 0.363 e. The van der Waals surface area contributed by atoms with Gasteiger partial charge < -0.3 is 15.3 Å². The molecule has 2 unspecified atom stereocenters. The van der Waals surface area contributed by atoms with Gasteiger partial charge in [-0.05, 0) is 12.3 Å². The van der Waals surface area contributed by atoms with E-state index in [9.17, 15) is 14.7 Å². The van der Waals surface area contributed by atoms with Gasteiger partial charge in [0.05, 0.1) is 0 Å². The van der Waals surface area contributed by atoms with Gasteiger partial charge in [-0.15, -0.1) is 0 Å². The van der Waals surface area contributed by atoms with Crippen LogP contribution in [0.25, 0.3) is 0 Å². The third kappa shape index (κ3) is 1.33. The molecule has 5 heteroatoms. The van der Waals surface area contributed by atoms with Crippen molar-refractivity contribution in [3.8, 4) is 0 Å². The summed E-state index contributed by atoms with van der Waals surface area (Å²) in [6.45, 7) is 4.23. The molecule has 0 bridgehead atoms. The van der Waals surface area contributed by atoms with Crippen LogP contribution < -0.4 is 5.32 Å². The highest BCUT2D eigenvalue weighted by Gasteiger charge is 2.54. The van der Waals surface area contributed by atoms with Gasteiger partial charge in [-0.1, -0.05) is 13.8 Å². The van der Waals surface area contributed by atoms with Crippen LogP contribution in [0.2, 0.25) is 0 Å². The molecule has 2 atom stereocenters. The van der Waals surface area contributed by atoms with Crippen LogP contribution in [0.1, 0.15) is 26.7 Å². The molecular formula is C10H16N2O3. The number of hydrogen-bond donors (Lipinski definition) is 2. The van der Waals surface area contributed by atoms with Crippen molar-refractivity contribution >= 4 is 11.8 Å². The molecule has 0 spiro atoms. The van der Waals surface area contributed by atoms with Crippen LogP contribution >= 0.6 is 0 Å². The Morgan fingerprint density at radius 2 is 2.20 bits per heavy atom. The number of nitrogens with one attached hydrogen (secondary N) is 1. The number of carbonyl (C=O) groups excluding carboxylic acids is 2. The number of amides is 2. The lowest BCUT2D eigenvalue weighted by atomic mass is 9.97. The molecule has 15 heavy (non-hydrogen) atoms. The second-order valence-corrected chi connectivity index (χ2v) is 4.61. The molecule has 2 aliphatic rings. The summed E-state index contributed by atoms with van der Waals surface area (Å²) in [5.74, 6) is -0.547. The van der Waals surface area contributed by atoms with E-state index in [2.05, 4.69) is 5.32 Å². The maximum atomic E-state index is 12.0. The Labute approximate surface area is 88.4 Å². The van der Waals surface area contributed by atoms with Crippen LogP contribution in [-0.4, -0.2) is 40.1 Å². The third-order valence-corrected chi connectivity index (χ3v) is 3.20. The van der Waals surface area contributed by atoms with Crippen molar-refractivity contribution in [3.05, 3.63) is 0 Å². The van der Waals surface area contributed by atoms with Crippen molar-refractivity contribution in [2.24, 2.45) is 5.92 Å². The van der Waals surface area contributed by atoms with Gasteiger partial charge in [0.25, 0.3) is 5.91 Å². The monoisotopic (exact) mass is 212 g/mol. The lowest BCUT2D eigenvalue weighted by Gasteiger charge is -2.41. The molecule has 0 aromatic rings. The van der Waals surface area contributed by atoms with Gasteiger partial charge in [-0.25, -0.2) is 0 Å². The SMILES string of the molecule is CC(C)C1NC(=O)C2(O)CCCN2C1=O. The number of fused-ring (bicyclic) bond motifs is 1. The van der Waals surface area contributed by atoms with Gasteiger partial charge in [-0.2, -0.15) is 0 Å². The summed E-state index contributed by atoms with van der Waals surface area (Å²) in [5.41, 5.74) is -1.58. The molecular weight excluding hydrogens is 196 g/mol. The first-order chi connectivity index (χ1) is 6.97. The van der Waals surface area contributed by atoms with Crippen LogP contribution in [0.4, 0.5) is 0 Å². The van der Waals surface area contributed by atoms with Crippen molar-refractivity contribution in [3.63, 3.8) is 0 Å². The predicted octanol–water partition coefficient (Wildman–Crippen LogP) is -0.548. The topological polar surface area (TPSA) is 69.6 Å². The second-order valence-electron chi connectivity index (χ2n) is 4.61. The van der Waals surface area contributed by atoms with Gasteiger partial charge in [0, 0.05) is 13.0 Å². The summed E-state index contributed by atoms with van der Waals surface area (Å²) in [6, 6.07) is -0.490. The molecule has 2 saturated heterocycles. The number of hydrogen-bond acceptors (Lipinski definition) is 3. The molecule has 0 radical (unpaired) electrons. The van der Waals surface area contributed by atoms with Crippen LogP contribution in [0.15, 0.2) is 0 Å². The highest BCUT2D eigenvalue weighted by atomic mass is 16.3. The average molecular weight is 212 g/mol. The number of rotatable bonds is 1.